The highest BCUT2D eigenvalue weighted by atomic mass is 32.1. The van der Waals surface area contributed by atoms with E-state index in [1.807, 2.05) is 67.5 Å². The van der Waals surface area contributed by atoms with Crippen molar-refractivity contribution in [2.45, 2.75) is 92.8 Å². The molecule has 0 aromatic carbocycles. The normalized spacial score (nSPS) is 15.1. The van der Waals surface area contributed by atoms with E-state index in [-0.39, 0.29) is 23.4 Å². The van der Waals surface area contributed by atoms with Crippen LogP contribution in [0.3, 0.4) is 0 Å². The van der Waals surface area contributed by atoms with Crippen LogP contribution in [-0.4, -0.2) is 68.9 Å². The number of fused-ring (bicyclic) bond motifs is 1. The Bertz CT molecular complexity index is 1270. The number of aryl methyl sites for hydroxylation is 1. The Kier molecular flexibility index (Phi) is 13.5. The third-order valence-corrected chi connectivity index (χ3v) is 7.07. The number of anilines is 3. The highest BCUT2D eigenvalue weighted by molar-refractivity contribution is 7.22. The zero-order chi connectivity index (χ0) is 30.6. The van der Waals surface area contributed by atoms with E-state index in [0.717, 1.165) is 72.8 Å². The van der Waals surface area contributed by atoms with Crippen LogP contribution in [0.5, 0.6) is 0 Å². The van der Waals surface area contributed by atoms with Gasteiger partial charge in [0.15, 0.2) is 5.13 Å². The molecule has 3 aromatic rings. The quantitative estimate of drug-likeness (QED) is 0.318. The lowest BCUT2D eigenvalue weighted by Gasteiger charge is -2.28. The van der Waals surface area contributed by atoms with Crippen molar-refractivity contribution >= 4 is 44.4 Å². The first-order valence-corrected chi connectivity index (χ1v) is 15.5. The third kappa shape index (κ3) is 11.0. The van der Waals surface area contributed by atoms with Gasteiger partial charge in [-0.1, -0.05) is 39.0 Å². The zero-order valence-corrected chi connectivity index (χ0v) is 26.7. The summed E-state index contributed by atoms with van der Waals surface area (Å²) in [5.74, 6) is 1.25. The molecule has 0 bridgehead atoms. The molecule has 2 aliphatic heterocycles. The summed E-state index contributed by atoms with van der Waals surface area (Å²) >= 11 is 1.61. The number of nitrogens with zero attached hydrogens (tertiary/aromatic N) is 4. The summed E-state index contributed by atoms with van der Waals surface area (Å²) in [5.41, 5.74) is 1.25. The second-order valence-corrected chi connectivity index (χ2v) is 11.5. The van der Waals surface area contributed by atoms with E-state index in [9.17, 15) is 14.7 Å². The summed E-state index contributed by atoms with van der Waals surface area (Å²) in [6, 6.07) is 5.29. The van der Waals surface area contributed by atoms with Crippen LogP contribution in [-0.2, 0) is 4.74 Å². The Labute approximate surface area is 248 Å². The molecule has 228 valence electrons. The number of rotatable bonds is 3. The lowest BCUT2D eigenvalue weighted by Crippen LogP contribution is -2.35. The molecule has 0 radical (unpaired) electrons. The molecule has 5 heterocycles. The van der Waals surface area contributed by atoms with Crippen LogP contribution >= 0.6 is 11.3 Å². The number of carbonyl (C=O) groups excluding carboxylic acids is 1. The first-order valence-electron chi connectivity index (χ1n) is 14.7. The van der Waals surface area contributed by atoms with Gasteiger partial charge in [0.05, 0.1) is 16.3 Å². The van der Waals surface area contributed by atoms with Crippen molar-refractivity contribution in [3.8, 4) is 0 Å². The van der Waals surface area contributed by atoms with Crippen LogP contribution in [0.15, 0.2) is 29.2 Å². The monoisotopic (exact) mass is 588 g/mol. The number of hydrogen-bond acceptors (Lipinski definition) is 9. The van der Waals surface area contributed by atoms with Gasteiger partial charge >= 0.3 is 6.09 Å². The first-order chi connectivity index (χ1) is 19.6. The van der Waals surface area contributed by atoms with Crippen molar-refractivity contribution in [2.24, 2.45) is 0 Å². The topological polar surface area (TPSA) is 124 Å². The molecule has 3 aromatic heterocycles. The van der Waals surface area contributed by atoms with E-state index in [0.29, 0.717) is 11.6 Å². The van der Waals surface area contributed by atoms with E-state index in [4.69, 9.17) is 9.72 Å². The van der Waals surface area contributed by atoms with Crippen molar-refractivity contribution in [1.29, 1.82) is 0 Å². The number of aromatic nitrogens is 3. The summed E-state index contributed by atoms with van der Waals surface area (Å²) in [5, 5.41) is 13.7. The summed E-state index contributed by atoms with van der Waals surface area (Å²) in [7, 11) is 0. The van der Waals surface area contributed by atoms with Crippen LogP contribution in [0.4, 0.5) is 21.6 Å². The fourth-order valence-electron chi connectivity index (χ4n) is 4.20. The molecule has 0 aliphatic carbocycles. The largest absolute Gasteiger partial charge is 0.444 e. The van der Waals surface area contributed by atoms with Crippen molar-refractivity contribution in [3.05, 3.63) is 40.3 Å². The molecule has 3 N–H and O–H groups in total. The minimum atomic E-state index is -0.361. The number of aromatic amines is 1. The molecular formula is C30H48N6O4S. The SMILES string of the molecule is CC.CC.CC(C)(C)OC(=O)N1CCCC1.Cc1cc(Nc2cc3nc(N4CCC(O)CC4)sc3cn2)[nH]c(=O)c1. The number of likely N-dealkylation sites (tertiary alicyclic amines) is 1. The summed E-state index contributed by atoms with van der Waals surface area (Å²) in [6.45, 7) is 18.9. The molecule has 2 aliphatic rings. The van der Waals surface area contributed by atoms with E-state index >= 15 is 0 Å². The standard InChI is InChI=1S/C17H19N5O2S.C9H17NO2.2C2H6/c1-10-6-15(21-16(24)7-10)20-14-8-12-13(9-18-14)25-17(19-12)22-4-2-11(23)3-5-22;1-9(2,3)12-8(11)10-6-4-5-7-10;2*1-2/h6-9,11,23H,2-5H2,1H3,(H2,18,20,21,24);4-7H2,1-3H3;2*1-2H3. The van der Waals surface area contributed by atoms with Crippen LogP contribution in [0.25, 0.3) is 10.2 Å². The molecule has 1 amide bonds. The van der Waals surface area contributed by atoms with Crippen molar-refractivity contribution in [3.63, 3.8) is 0 Å². The number of piperidine rings is 1. The molecule has 41 heavy (non-hydrogen) atoms. The van der Waals surface area contributed by atoms with Gasteiger partial charge in [0.2, 0.25) is 5.56 Å². The van der Waals surface area contributed by atoms with Crippen LogP contribution in [0.2, 0.25) is 0 Å². The number of pyridine rings is 2. The highest BCUT2D eigenvalue weighted by Crippen LogP contribution is 2.31. The Morgan fingerprint density at radius 3 is 2.29 bits per heavy atom. The van der Waals surface area contributed by atoms with E-state index in [2.05, 4.69) is 20.2 Å². The number of amides is 1. The maximum atomic E-state index is 11.6. The van der Waals surface area contributed by atoms with Crippen molar-refractivity contribution < 1.29 is 14.6 Å². The molecule has 2 saturated heterocycles. The zero-order valence-electron chi connectivity index (χ0n) is 25.9. The minimum Gasteiger partial charge on any atom is -0.444 e. The van der Waals surface area contributed by atoms with Gasteiger partial charge in [-0.15, -0.1) is 0 Å². The maximum absolute atomic E-state index is 11.6. The van der Waals surface area contributed by atoms with Gasteiger partial charge in [-0.25, -0.2) is 14.8 Å². The number of nitrogens with one attached hydrogen (secondary N) is 2. The summed E-state index contributed by atoms with van der Waals surface area (Å²) < 4.78 is 6.23. The fourth-order valence-corrected chi connectivity index (χ4v) is 5.16. The average Bonchev–Trinajstić information content (AvgIpc) is 3.61. The summed E-state index contributed by atoms with van der Waals surface area (Å²) in [4.78, 5) is 38.8. The van der Waals surface area contributed by atoms with Crippen molar-refractivity contribution in [1.82, 2.24) is 19.9 Å². The molecular weight excluding hydrogens is 540 g/mol. The lowest BCUT2D eigenvalue weighted by molar-refractivity contribution is 0.0295. The molecule has 0 unspecified atom stereocenters. The van der Waals surface area contributed by atoms with Crippen LogP contribution in [0.1, 0.15) is 79.7 Å². The van der Waals surface area contributed by atoms with Gasteiger partial charge in [-0.05, 0) is 65.0 Å². The van der Waals surface area contributed by atoms with Gasteiger partial charge < -0.3 is 29.9 Å². The first kappa shape index (κ1) is 34.0. The molecule has 5 rings (SSSR count). The molecule has 2 fully saturated rings. The Balaban J connectivity index is 0.000000310. The number of aliphatic hydroxyl groups is 1. The number of ether oxygens (including phenoxy) is 1. The predicted octanol–water partition coefficient (Wildman–Crippen LogP) is 6.46. The number of carbonyl (C=O) groups is 1. The van der Waals surface area contributed by atoms with E-state index in [1.54, 1.807) is 28.5 Å². The Hall–Kier alpha value is -3.18. The van der Waals surface area contributed by atoms with Gasteiger partial charge in [-0.2, -0.15) is 0 Å². The smallest absolute Gasteiger partial charge is 0.410 e. The average molecular weight is 589 g/mol. The van der Waals surface area contributed by atoms with Gasteiger partial charge in [0.25, 0.3) is 0 Å². The third-order valence-electron chi connectivity index (χ3n) is 6.01. The van der Waals surface area contributed by atoms with Crippen LogP contribution < -0.4 is 15.8 Å². The second kappa shape index (κ2) is 16.3. The highest BCUT2D eigenvalue weighted by Gasteiger charge is 2.24. The van der Waals surface area contributed by atoms with Gasteiger partial charge in [0.1, 0.15) is 17.2 Å². The number of thiazole rings is 1. The lowest BCUT2D eigenvalue weighted by atomic mass is 10.1. The second-order valence-electron chi connectivity index (χ2n) is 10.5. The molecule has 0 atom stereocenters. The Morgan fingerprint density at radius 1 is 1.07 bits per heavy atom. The predicted molar refractivity (Wildman–Crippen MR) is 170 cm³/mol. The number of aliphatic hydroxyl groups excluding tert-OH is 1. The van der Waals surface area contributed by atoms with Gasteiger partial charge in [-0.3, -0.25) is 4.79 Å². The molecule has 0 saturated carbocycles. The fraction of sp³-hybridized carbons (Fsp3) is 0.600. The number of H-pyrrole nitrogens is 1. The molecule has 11 heteroatoms. The van der Waals surface area contributed by atoms with Crippen LogP contribution in [0, 0.1) is 6.92 Å². The van der Waals surface area contributed by atoms with Crippen molar-refractivity contribution in [2.75, 3.05) is 36.4 Å². The van der Waals surface area contributed by atoms with E-state index in [1.165, 1.54) is 0 Å². The maximum Gasteiger partial charge on any atom is 0.410 e. The molecule has 0 spiro atoms. The summed E-state index contributed by atoms with van der Waals surface area (Å²) in [6.07, 6.45) is 5.22. The Morgan fingerprint density at radius 2 is 1.71 bits per heavy atom. The van der Waals surface area contributed by atoms with Gasteiger partial charge in [0, 0.05) is 44.5 Å². The molecule has 10 nitrogen and oxygen atoms in total. The minimum absolute atomic E-state index is 0.146. The number of hydrogen-bond donors (Lipinski definition) is 3. The van der Waals surface area contributed by atoms with E-state index < -0.39 is 0 Å².